The molecule has 0 amide bonds. The third kappa shape index (κ3) is 6.85. The van der Waals surface area contributed by atoms with Crippen molar-refractivity contribution in [3.05, 3.63) is 60.7 Å². The van der Waals surface area contributed by atoms with Gasteiger partial charge in [-0.15, -0.1) is 0 Å². The summed E-state index contributed by atoms with van der Waals surface area (Å²) < 4.78 is 5.66. The van der Waals surface area contributed by atoms with E-state index in [1.54, 1.807) is 0 Å². The molecule has 0 N–H and O–H groups in total. The first-order valence-electron chi connectivity index (χ1n) is 8.87. The Morgan fingerprint density at radius 1 is 0.696 bits per heavy atom. The Hall–Kier alpha value is -1.17. The molecule has 0 unspecified atom stereocenters. The zero-order chi connectivity index (χ0) is 16.2. The molecular formula is C21H29OP. The number of hydrogen-bond acceptors (Lipinski definition) is 1. The smallest absolute Gasteiger partial charge is 0.0466 e. The topological polar surface area (TPSA) is 9.23 Å². The Morgan fingerprint density at radius 3 is 1.83 bits per heavy atom. The van der Waals surface area contributed by atoms with Gasteiger partial charge >= 0.3 is 0 Å². The van der Waals surface area contributed by atoms with Crippen molar-refractivity contribution < 1.29 is 4.74 Å². The quantitative estimate of drug-likeness (QED) is 0.411. The molecule has 2 rings (SSSR count). The Balaban J connectivity index is 1.80. The van der Waals surface area contributed by atoms with Crippen molar-refractivity contribution in [2.45, 2.75) is 39.0 Å². The maximum atomic E-state index is 5.66. The van der Waals surface area contributed by atoms with E-state index in [0.29, 0.717) is 0 Å². The summed E-state index contributed by atoms with van der Waals surface area (Å²) in [5.74, 6) is 0. The molecule has 0 aliphatic rings. The van der Waals surface area contributed by atoms with E-state index in [-0.39, 0.29) is 7.92 Å². The SMILES string of the molecule is CCCCOCCCCCP(c1ccccc1)c1ccccc1. The van der Waals surface area contributed by atoms with Crippen molar-refractivity contribution in [2.24, 2.45) is 0 Å². The minimum absolute atomic E-state index is 0.222. The van der Waals surface area contributed by atoms with Gasteiger partial charge in [0.1, 0.15) is 0 Å². The van der Waals surface area contributed by atoms with Crippen molar-refractivity contribution in [1.82, 2.24) is 0 Å². The predicted octanol–water partition coefficient (Wildman–Crippen LogP) is 5.11. The van der Waals surface area contributed by atoms with E-state index in [1.165, 1.54) is 48.9 Å². The zero-order valence-electron chi connectivity index (χ0n) is 14.3. The van der Waals surface area contributed by atoms with Crippen LogP contribution in [0.1, 0.15) is 39.0 Å². The van der Waals surface area contributed by atoms with Crippen molar-refractivity contribution in [3.63, 3.8) is 0 Å². The normalized spacial score (nSPS) is 11.0. The average Bonchev–Trinajstić information content (AvgIpc) is 2.62. The molecule has 2 aromatic carbocycles. The Bertz CT molecular complexity index is 472. The zero-order valence-corrected chi connectivity index (χ0v) is 15.2. The molecule has 0 spiro atoms. The van der Waals surface area contributed by atoms with Crippen LogP contribution in [0.4, 0.5) is 0 Å². The van der Waals surface area contributed by atoms with E-state index in [0.717, 1.165) is 13.2 Å². The molecule has 124 valence electrons. The second-order valence-electron chi connectivity index (χ2n) is 5.85. The first-order valence-corrected chi connectivity index (χ1v) is 10.4. The molecule has 2 heteroatoms. The van der Waals surface area contributed by atoms with E-state index in [2.05, 4.69) is 67.6 Å². The van der Waals surface area contributed by atoms with Gasteiger partial charge in [-0.1, -0.05) is 80.4 Å². The van der Waals surface area contributed by atoms with Gasteiger partial charge in [-0.3, -0.25) is 0 Å². The highest BCUT2D eigenvalue weighted by molar-refractivity contribution is 7.73. The molecule has 0 atom stereocenters. The molecule has 23 heavy (non-hydrogen) atoms. The van der Waals surface area contributed by atoms with Gasteiger partial charge in [0.2, 0.25) is 0 Å². The summed E-state index contributed by atoms with van der Waals surface area (Å²) in [4.78, 5) is 0. The van der Waals surface area contributed by atoms with E-state index >= 15 is 0 Å². The van der Waals surface area contributed by atoms with Gasteiger partial charge in [-0.2, -0.15) is 0 Å². The standard InChI is InChI=1S/C21H29OP/c1-2-3-17-22-18-11-6-12-19-23(20-13-7-4-8-14-20)21-15-9-5-10-16-21/h4-5,7-10,13-16H,2-3,6,11-12,17-19H2,1H3. The predicted molar refractivity (Wildman–Crippen MR) is 104 cm³/mol. The third-order valence-electron chi connectivity index (χ3n) is 3.95. The van der Waals surface area contributed by atoms with Gasteiger partial charge in [0, 0.05) is 13.2 Å². The summed E-state index contributed by atoms with van der Waals surface area (Å²) in [6.07, 6.45) is 7.43. The summed E-state index contributed by atoms with van der Waals surface area (Å²) in [5, 5.41) is 2.99. The first-order chi connectivity index (χ1) is 11.4. The van der Waals surface area contributed by atoms with Crippen LogP contribution in [0, 0.1) is 0 Å². The lowest BCUT2D eigenvalue weighted by Gasteiger charge is -2.18. The number of hydrogen-bond donors (Lipinski definition) is 0. The lowest BCUT2D eigenvalue weighted by molar-refractivity contribution is 0.127. The highest BCUT2D eigenvalue weighted by Crippen LogP contribution is 2.34. The summed E-state index contributed by atoms with van der Waals surface area (Å²) in [5.41, 5.74) is 0. The molecule has 0 fully saturated rings. The number of rotatable bonds is 11. The van der Waals surface area contributed by atoms with Gasteiger partial charge in [0.05, 0.1) is 0 Å². The highest BCUT2D eigenvalue weighted by atomic mass is 31.1. The van der Waals surface area contributed by atoms with Gasteiger partial charge < -0.3 is 4.74 Å². The molecule has 1 nitrogen and oxygen atoms in total. The second-order valence-corrected chi connectivity index (χ2v) is 8.19. The second kappa shape index (κ2) is 11.4. The number of ether oxygens (including phenoxy) is 1. The van der Waals surface area contributed by atoms with Crippen LogP contribution in [-0.2, 0) is 4.74 Å². The van der Waals surface area contributed by atoms with Crippen LogP contribution in [0.15, 0.2) is 60.7 Å². The van der Waals surface area contributed by atoms with Crippen LogP contribution in [0.2, 0.25) is 0 Å². The molecule has 0 saturated carbocycles. The molecule has 0 heterocycles. The lowest BCUT2D eigenvalue weighted by atomic mass is 10.3. The minimum Gasteiger partial charge on any atom is -0.381 e. The fraction of sp³-hybridized carbons (Fsp3) is 0.429. The highest BCUT2D eigenvalue weighted by Gasteiger charge is 2.12. The molecule has 0 saturated heterocycles. The summed E-state index contributed by atoms with van der Waals surface area (Å²) in [6, 6.07) is 22.0. The number of unbranched alkanes of at least 4 members (excludes halogenated alkanes) is 3. The van der Waals surface area contributed by atoms with Crippen LogP contribution in [0.5, 0.6) is 0 Å². The summed E-state index contributed by atoms with van der Waals surface area (Å²) in [7, 11) is -0.222. The molecule has 0 bridgehead atoms. The molecule has 0 aromatic heterocycles. The molecule has 0 radical (unpaired) electrons. The van der Waals surface area contributed by atoms with E-state index in [1.807, 2.05) is 0 Å². The van der Waals surface area contributed by atoms with Gasteiger partial charge in [0.25, 0.3) is 0 Å². The van der Waals surface area contributed by atoms with Crippen LogP contribution in [0.3, 0.4) is 0 Å². The third-order valence-corrected chi connectivity index (χ3v) is 6.55. The van der Waals surface area contributed by atoms with E-state index < -0.39 is 0 Å². The minimum atomic E-state index is -0.222. The summed E-state index contributed by atoms with van der Waals surface area (Å²) >= 11 is 0. The molecule has 0 aliphatic heterocycles. The van der Waals surface area contributed by atoms with Crippen molar-refractivity contribution in [1.29, 1.82) is 0 Å². The Kier molecular flexibility index (Phi) is 8.99. The largest absolute Gasteiger partial charge is 0.381 e. The number of benzene rings is 2. The van der Waals surface area contributed by atoms with Crippen molar-refractivity contribution >= 4 is 18.5 Å². The average molecular weight is 328 g/mol. The Labute approximate surface area is 142 Å². The van der Waals surface area contributed by atoms with Gasteiger partial charge in [-0.25, -0.2) is 0 Å². The van der Waals surface area contributed by atoms with Gasteiger partial charge in [-0.05, 0) is 44.0 Å². The Morgan fingerprint density at radius 2 is 1.26 bits per heavy atom. The fourth-order valence-corrected chi connectivity index (χ4v) is 5.04. The van der Waals surface area contributed by atoms with Crippen molar-refractivity contribution in [3.8, 4) is 0 Å². The van der Waals surface area contributed by atoms with Crippen LogP contribution < -0.4 is 10.6 Å². The maximum absolute atomic E-state index is 5.66. The van der Waals surface area contributed by atoms with Gasteiger partial charge in [0.15, 0.2) is 0 Å². The molecular weight excluding hydrogens is 299 g/mol. The lowest BCUT2D eigenvalue weighted by Crippen LogP contribution is -2.13. The molecule has 2 aromatic rings. The van der Waals surface area contributed by atoms with Crippen molar-refractivity contribution in [2.75, 3.05) is 19.4 Å². The summed E-state index contributed by atoms with van der Waals surface area (Å²) in [6.45, 7) is 4.06. The van der Waals surface area contributed by atoms with Crippen LogP contribution in [0.25, 0.3) is 0 Å². The molecule has 0 aliphatic carbocycles. The first kappa shape index (κ1) is 18.2. The fourth-order valence-electron chi connectivity index (χ4n) is 2.62. The monoisotopic (exact) mass is 328 g/mol. The van der Waals surface area contributed by atoms with Crippen LogP contribution in [-0.4, -0.2) is 19.4 Å². The van der Waals surface area contributed by atoms with Crippen LogP contribution >= 0.6 is 7.92 Å². The van der Waals surface area contributed by atoms with E-state index in [4.69, 9.17) is 4.74 Å². The van der Waals surface area contributed by atoms with E-state index in [9.17, 15) is 0 Å². The maximum Gasteiger partial charge on any atom is 0.0466 e.